The number of hydrogen-bond donors (Lipinski definition) is 1. The molecule has 0 heterocycles. The Morgan fingerprint density at radius 3 is 2.33 bits per heavy atom. The van der Waals surface area contributed by atoms with Crippen molar-refractivity contribution in [3.05, 3.63) is 59.4 Å². The summed E-state index contributed by atoms with van der Waals surface area (Å²) < 4.78 is 50.7. The van der Waals surface area contributed by atoms with Crippen molar-refractivity contribution in [3.8, 4) is 11.5 Å². The summed E-state index contributed by atoms with van der Waals surface area (Å²) in [5.74, 6) is 0.533. The molecule has 0 saturated carbocycles. The molecule has 0 unspecified atom stereocenters. The molecule has 0 aliphatic rings. The number of hydrogen-bond acceptors (Lipinski definition) is 4. The lowest BCUT2D eigenvalue weighted by Gasteiger charge is -2.18. The molecular formula is C17H20FNO4S. The van der Waals surface area contributed by atoms with Crippen molar-refractivity contribution in [2.45, 2.75) is 18.7 Å². The average molecular weight is 353 g/mol. The second kappa shape index (κ2) is 7.63. The highest BCUT2D eigenvalue weighted by Crippen LogP contribution is 2.29. The summed E-state index contributed by atoms with van der Waals surface area (Å²) in [6.45, 7) is 1.72. The Hall–Kier alpha value is -2.12. The minimum atomic E-state index is -3.61. The van der Waals surface area contributed by atoms with E-state index >= 15 is 0 Å². The zero-order valence-electron chi connectivity index (χ0n) is 13.7. The highest BCUT2D eigenvalue weighted by molar-refractivity contribution is 7.88. The van der Waals surface area contributed by atoms with Gasteiger partial charge >= 0.3 is 0 Å². The van der Waals surface area contributed by atoms with Gasteiger partial charge in [0.15, 0.2) is 0 Å². The molecule has 0 radical (unpaired) electrons. The van der Waals surface area contributed by atoms with E-state index in [1.165, 1.54) is 38.5 Å². The van der Waals surface area contributed by atoms with E-state index in [2.05, 4.69) is 4.72 Å². The molecule has 0 fully saturated rings. The number of benzene rings is 2. The van der Waals surface area contributed by atoms with Crippen molar-refractivity contribution >= 4 is 10.0 Å². The van der Waals surface area contributed by atoms with Crippen LogP contribution in [0.5, 0.6) is 11.5 Å². The van der Waals surface area contributed by atoms with Crippen LogP contribution in [0.15, 0.2) is 42.5 Å². The topological polar surface area (TPSA) is 64.6 Å². The Morgan fingerprint density at radius 2 is 1.75 bits per heavy atom. The monoisotopic (exact) mass is 353 g/mol. The fraction of sp³-hybridized carbons (Fsp3) is 0.294. The fourth-order valence-corrected chi connectivity index (χ4v) is 3.73. The first-order chi connectivity index (χ1) is 11.3. The number of rotatable bonds is 7. The summed E-state index contributed by atoms with van der Waals surface area (Å²) in [5.41, 5.74) is 1.17. The molecule has 2 aromatic rings. The minimum Gasteiger partial charge on any atom is -0.497 e. The second-order valence-electron chi connectivity index (χ2n) is 5.33. The van der Waals surface area contributed by atoms with E-state index in [4.69, 9.17) is 9.47 Å². The molecule has 130 valence electrons. The Kier molecular flexibility index (Phi) is 5.80. The van der Waals surface area contributed by atoms with Gasteiger partial charge in [0.05, 0.1) is 20.0 Å². The van der Waals surface area contributed by atoms with Crippen LogP contribution < -0.4 is 14.2 Å². The first-order valence-electron chi connectivity index (χ1n) is 7.31. The molecule has 5 nitrogen and oxygen atoms in total. The van der Waals surface area contributed by atoms with E-state index in [-0.39, 0.29) is 5.75 Å². The molecule has 1 N–H and O–H groups in total. The van der Waals surface area contributed by atoms with Gasteiger partial charge in [-0.3, -0.25) is 0 Å². The van der Waals surface area contributed by atoms with Crippen molar-refractivity contribution in [1.82, 2.24) is 4.72 Å². The molecule has 0 aromatic heterocycles. The average Bonchev–Trinajstić information content (AvgIpc) is 2.55. The first-order valence-corrected chi connectivity index (χ1v) is 8.96. The summed E-state index contributed by atoms with van der Waals surface area (Å²) in [6.07, 6.45) is 0. The van der Waals surface area contributed by atoms with Crippen LogP contribution >= 0.6 is 0 Å². The summed E-state index contributed by atoms with van der Waals surface area (Å²) >= 11 is 0. The number of nitrogens with one attached hydrogen (secondary N) is 1. The number of ether oxygens (including phenoxy) is 2. The lowest BCUT2D eigenvalue weighted by atomic mass is 10.1. The molecular weight excluding hydrogens is 333 g/mol. The van der Waals surface area contributed by atoms with Gasteiger partial charge in [0, 0.05) is 11.6 Å². The molecule has 2 rings (SSSR count). The largest absolute Gasteiger partial charge is 0.497 e. The highest BCUT2D eigenvalue weighted by atomic mass is 32.2. The van der Waals surface area contributed by atoms with Crippen molar-refractivity contribution in [2.75, 3.05) is 14.2 Å². The van der Waals surface area contributed by atoms with Crippen LogP contribution in [0, 0.1) is 5.82 Å². The second-order valence-corrected chi connectivity index (χ2v) is 7.09. The normalized spacial score (nSPS) is 12.7. The predicted octanol–water partition coefficient (Wildman–Crippen LogP) is 3.02. The molecule has 0 saturated heterocycles. The van der Waals surface area contributed by atoms with Crippen molar-refractivity contribution in [2.24, 2.45) is 0 Å². The van der Waals surface area contributed by atoms with Crippen LogP contribution in [-0.4, -0.2) is 22.6 Å². The smallest absolute Gasteiger partial charge is 0.216 e. The van der Waals surface area contributed by atoms with Crippen LogP contribution in [0.25, 0.3) is 0 Å². The molecule has 1 atom stereocenters. The molecule has 0 spiro atoms. The summed E-state index contributed by atoms with van der Waals surface area (Å²) in [4.78, 5) is 0. The molecule has 0 amide bonds. The number of methoxy groups -OCH3 is 2. The Bertz CT molecular complexity index is 791. The SMILES string of the molecule is COc1ccc(OC)c([C@@H](C)NS(=O)(=O)Cc2ccc(F)cc2)c1. The van der Waals surface area contributed by atoms with Gasteiger partial charge in [-0.2, -0.15) is 0 Å². The third-order valence-corrected chi connectivity index (χ3v) is 4.96. The lowest BCUT2D eigenvalue weighted by Crippen LogP contribution is -2.28. The predicted molar refractivity (Wildman–Crippen MR) is 90.1 cm³/mol. The molecule has 0 aliphatic carbocycles. The van der Waals surface area contributed by atoms with Crippen LogP contribution in [-0.2, 0) is 15.8 Å². The van der Waals surface area contributed by atoms with Crippen molar-refractivity contribution in [3.63, 3.8) is 0 Å². The fourth-order valence-electron chi connectivity index (χ4n) is 2.35. The van der Waals surface area contributed by atoms with Crippen LogP contribution in [0.2, 0.25) is 0 Å². The highest BCUT2D eigenvalue weighted by Gasteiger charge is 2.20. The van der Waals surface area contributed by atoms with Crippen molar-refractivity contribution in [1.29, 1.82) is 0 Å². The zero-order chi connectivity index (χ0) is 17.7. The molecule has 7 heteroatoms. The lowest BCUT2D eigenvalue weighted by molar-refractivity contribution is 0.395. The number of halogens is 1. The molecule has 24 heavy (non-hydrogen) atoms. The van der Waals surface area contributed by atoms with Crippen LogP contribution in [0.4, 0.5) is 4.39 Å². The zero-order valence-corrected chi connectivity index (χ0v) is 14.6. The maximum Gasteiger partial charge on any atom is 0.216 e. The van der Waals surface area contributed by atoms with Gasteiger partial charge in [-0.25, -0.2) is 17.5 Å². The standard InChI is InChI=1S/C17H20FNO4S/c1-12(16-10-15(22-2)8-9-17(16)23-3)19-24(20,21)11-13-4-6-14(18)7-5-13/h4-10,12,19H,11H2,1-3H3/t12-/m1/s1. The minimum absolute atomic E-state index is 0.232. The van der Waals surface area contributed by atoms with Gasteiger partial charge in [0.2, 0.25) is 10.0 Å². The van der Waals surface area contributed by atoms with Gasteiger partial charge in [0.1, 0.15) is 17.3 Å². The van der Waals surface area contributed by atoms with E-state index in [0.29, 0.717) is 22.6 Å². The Morgan fingerprint density at radius 1 is 1.08 bits per heavy atom. The van der Waals surface area contributed by atoms with Gasteiger partial charge in [-0.1, -0.05) is 12.1 Å². The third-order valence-electron chi connectivity index (χ3n) is 3.53. The maximum atomic E-state index is 12.9. The third kappa shape index (κ3) is 4.69. The van der Waals surface area contributed by atoms with Gasteiger partial charge in [-0.05, 0) is 42.8 Å². The van der Waals surface area contributed by atoms with Crippen LogP contribution in [0.3, 0.4) is 0 Å². The van der Waals surface area contributed by atoms with Crippen LogP contribution in [0.1, 0.15) is 24.1 Å². The Labute approximate surface area is 141 Å². The van der Waals surface area contributed by atoms with Crippen molar-refractivity contribution < 1.29 is 22.3 Å². The molecule has 0 bridgehead atoms. The van der Waals surface area contributed by atoms with E-state index in [0.717, 1.165) is 0 Å². The van der Waals surface area contributed by atoms with Gasteiger partial charge in [0.25, 0.3) is 0 Å². The summed E-state index contributed by atoms with van der Waals surface area (Å²) in [6, 6.07) is 10.0. The van der Waals surface area contributed by atoms with E-state index < -0.39 is 21.9 Å². The number of sulfonamides is 1. The quantitative estimate of drug-likeness (QED) is 0.831. The van der Waals surface area contributed by atoms with Gasteiger partial charge < -0.3 is 9.47 Å². The van der Waals surface area contributed by atoms with E-state index in [9.17, 15) is 12.8 Å². The first kappa shape index (κ1) is 18.2. The maximum absolute atomic E-state index is 12.9. The molecule has 0 aliphatic heterocycles. The molecule has 2 aromatic carbocycles. The Balaban J connectivity index is 2.18. The summed E-state index contributed by atoms with van der Waals surface area (Å²) in [5, 5.41) is 0. The summed E-state index contributed by atoms with van der Waals surface area (Å²) in [7, 11) is -0.553. The van der Waals surface area contributed by atoms with E-state index in [1.54, 1.807) is 25.1 Å². The van der Waals surface area contributed by atoms with Gasteiger partial charge in [-0.15, -0.1) is 0 Å². The van der Waals surface area contributed by atoms with E-state index in [1.807, 2.05) is 0 Å².